The molecule has 1 N–H and O–H groups in total. The molecule has 0 saturated heterocycles. The number of aliphatic hydroxyl groups is 1. The molecular weight excluding hydrogens is 285 g/mol. The van der Waals surface area contributed by atoms with Crippen molar-refractivity contribution in [3.8, 4) is 0 Å². The van der Waals surface area contributed by atoms with Gasteiger partial charge in [0.15, 0.2) is 11.7 Å². The van der Waals surface area contributed by atoms with Gasteiger partial charge < -0.3 is 9.52 Å². The van der Waals surface area contributed by atoms with Crippen molar-refractivity contribution in [2.75, 3.05) is 0 Å². The third-order valence-corrected chi connectivity index (χ3v) is 3.34. The van der Waals surface area contributed by atoms with Crippen molar-refractivity contribution in [1.82, 2.24) is 4.98 Å². The van der Waals surface area contributed by atoms with E-state index in [0.717, 1.165) is 5.39 Å². The summed E-state index contributed by atoms with van der Waals surface area (Å²) in [7, 11) is 0. The Balaban J connectivity index is 2.04. The summed E-state index contributed by atoms with van der Waals surface area (Å²) in [6.45, 7) is 0. The fourth-order valence-electron chi connectivity index (χ4n) is 1.88. The first-order valence-electron chi connectivity index (χ1n) is 5.62. The first-order chi connectivity index (χ1) is 9.15. The fraction of sp³-hybridized carbons (Fsp3) is 0.0714. The zero-order valence-corrected chi connectivity index (χ0v) is 11.2. The molecule has 3 rings (SSSR count). The van der Waals surface area contributed by atoms with Crippen molar-refractivity contribution in [2.45, 2.75) is 6.10 Å². The van der Waals surface area contributed by atoms with E-state index in [1.165, 1.54) is 6.20 Å². The molecule has 2 aromatic heterocycles. The Labute approximate surface area is 119 Å². The van der Waals surface area contributed by atoms with Crippen LogP contribution in [0.3, 0.4) is 0 Å². The lowest BCUT2D eigenvalue weighted by Gasteiger charge is -2.06. The minimum absolute atomic E-state index is 0.401. The largest absolute Gasteiger partial charge is 0.456 e. The Kier molecular flexibility index (Phi) is 3.19. The van der Waals surface area contributed by atoms with Gasteiger partial charge in [0.1, 0.15) is 5.76 Å². The Morgan fingerprint density at radius 1 is 1.16 bits per heavy atom. The summed E-state index contributed by atoms with van der Waals surface area (Å²) >= 11 is 11.8. The van der Waals surface area contributed by atoms with Gasteiger partial charge in [-0.15, -0.1) is 0 Å². The maximum Gasteiger partial charge on any atom is 0.153 e. The van der Waals surface area contributed by atoms with Crippen LogP contribution in [0.2, 0.25) is 10.0 Å². The molecule has 0 saturated carbocycles. The highest BCUT2D eigenvalue weighted by Crippen LogP contribution is 2.31. The molecule has 0 aliphatic rings. The van der Waals surface area contributed by atoms with Crippen molar-refractivity contribution < 1.29 is 9.52 Å². The number of furan rings is 1. The minimum atomic E-state index is -0.944. The molecule has 0 aliphatic heterocycles. The van der Waals surface area contributed by atoms with Crippen LogP contribution in [0.15, 0.2) is 47.0 Å². The Hall–Kier alpha value is -1.55. The van der Waals surface area contributed by atoms with Crippen LogP contribution >= 0.6 is 23.2 Å². The first-order valence-corrected chi connectivity index (χ1v) is 6.38. The SMILES string of the molecule is OC(c1ccc(Cl)cn1)c1cc2cccc(Cl)c2o1. The van der Waals surface area contributed by atoms with Crippen molar-refractivity contribution in [2.24, 2.45) is 0 Å². The van der Waals surface area contributed by atoms with Crippen LogP contribution in [-0.2, 0) is 0 Å². The Morgan fingerprint density at radius 2 is 2.00 bits per heavy atom. The summed E-state index contributed by atoms with van der Waals surface area (Å²) in [4.78, 5) is 4.07. The molecule has 1 aromatic carbocycles. The summed E-state index contributed by atoms with van der Waals surface area (Å²) in [6, 6.07) is 10.5. The third kappa shape index (κ3) is 2.32. The van der Waals surface area contributed by atoms with Crippen LogP contribution in [0.5, 0.6) is 0 Å². The number of benzene rings is 1. The number of hydrogen-bond acceptors (Lipinski definition) is 3. The zero-order valence-electron chi connectivity index (χ0n) is 9.68. The number of nitrogens with zero attached hydrogens (tertiary/aromatic N) is 1. The molecular formula is C14H9Cl2NO2. The summed E-state index contributed by atoms with van der Waals surface area (Å²) in [6.07, 6.45) is 0.538. The van der Waals surface area contributed by atoms with E-state index in [-0.39, 0.29) is 0 Å². The lowest BCUT2D eigenvalue weighted by atomic mass is 10.1. The second kappa shape index (κ2) is 4.85. The number of para-hydroxylation sites is 1. The van der Waals surface area contributed by atoms with Gasteiger partial charge in [0, 0.05) is 11.6 Å². The molecule has 1 atom stereocenters. The van der Waals surface area contributed by atoms with E-state index >= 15 is 0 Å². The van der Waals surface area contributed by atoms with Crippen molar-refractivity contribution >= 4 is 34.2 Å². The lowest BCUT2D eigenvalue weighted by Crippen LogP contribution is -2.00. The highest BCUT2D eigenvalue weighted by molar-refractivity contribution is 6.34. The highest BCUT2D eigenvalue weighted by Gasteiger charge is 2.17. The summed E-state index contributed by atoms with van der Waals surface area (Å²) < 4.78 is 5.59. The second-order valence-electron chi connectivity index (χ2n) is 4.11. The number of aliphatic hydroxyl groups excluding tert-OH is 1. The Morgan fingerprint density at radius 3 is 2.68 bits per heavy atom. The summed E-state index contributed by atoms with van der Waals surface area (Å²) in [5.41, 5.74) is 1.03. The topological polar surface area (TPSA) is 46.3 Å². The van der Waals surface area contributed by atoms with Gasteiger partial charge in [-0.25, -0.2) is 0 Å². The van der Waals surface area contributed by atoms with E-state index < -0.39 is 6.10 Å². The molecule has 0 fully saturated rings. The van der Waals surface area contributed by atoms with E-state index in [4.69, 9.17) is 27.6 Å². The van der Waals surface area contributed by atoms with Gasteiger partial charge in [-0.3, -0.25) is 4.98 Å². The van der Waals surface area contributed by atoms with Crippen LogP contribution in [0, 0.1) is 0 Å². The smallest absolute Gasteiger partial charge is 0.153 e. The molecule has 0 spiro atoms. The van der Waals surface area contributed by atoms with Gasteiger partial charge in [-0.05, 0) is 24.3 Å². The van der Waals surface area contributed by atoms with E-state index in [9.17, 15) is 5.11 Å². The van der Waals surface area contributed by atoms with Crippen LogP contribution in [0.1, 0.15) is 17.6 Å². The molecule has 5 heteroatoms. The quantitative estimate of drug-likeness (QED) is 0.770. The molecule has 19 heavy (non-hydrogen) atoms. The molecule has 3 nitrogen and oxygen atoms in total. The number of aromatic nitrogens is 1. The average molecular weight is 294 g/mol. The zero-order chi connectivity index (χ0) is 13.4. The molecule has 0 amide bonds. The average Bonchev–Trinajstić information content (AvgIpc) is 2.84. The number of hydrogen-bond donors (Lipinski definition) is 1. The van der Waals surface area contributed by atoms with Crippen LogP contribution in [-0.4, -0.2) is 10.1 Å². The standard InChI is InChI=1S/C14H9Cl2NO2/c15-9-4-5-11(17-7-9)13(18)12-6-8-2-1-3-10(16)14(8)19-12/h1-7,13,18H. The molecule has 96 valence electrons. The monoisotopic (exact) mass is 293 g/mol. The van der Waals surface area contributed by atoms with Crippen molar-refractivity contribution in [3.05, 3.63) is 64.1 Å². The number of pyridine rings is 1. The minimum Gasteiger partial charge on any atom is -0.456 e. The van der Waals surface area contributed by atoms with Crippen LogP contribution in [0.25, 0.3) is 11.0 Å². The predicted molar refractivity (Wildman–Crippen MR) is 74.5 cm³/mol. The highest BCUT2D eigenvalue weighted by atomic mass is 35.5. The van der Waals surface area contributed by atoms with Gasteiger partial charge in [0.2, 0.25) is 0 Å². The van der Waals surface area contributed by atoms with Crippen molar-refractivity contribution in [3.63, 3.8) is 0 Å². The normalized spacial score (nSPS) is 12.8. The van der Waals surface area contributed by atoms with Crippen LogP contribution in [0.4, 0.5) is 0 Å². The predicted octanol–water partition coefficient (Wildman–Crippen LogP) is 4.22. The van der Waals surface area contributed by atoms with Crippen LogP contribution < -0.4 is 0 Å². The lowest BCUT2D eigenvalue weighted by molar-refractivity contribution is 0.187. The van der Waals surface area contributed by atoms with Crippen molar-refractivity contribution in [1.29, 1.82) is 0 Å². The number of rotatable bonds is 2. The van der Waals surface area contributed by atoms with E-state index in [1.54, 1.807) is 24.3 Å². The van der Waals surface area contributed by atoms with Gasteiger partial charge in [-0.2, -0.15) is 0 Å². The fourth-order valence-corrected chi connectivity index (χ4v) is 2.21. The summed E-state index contributed by atoms with van der Waals surface area (Å²) in [5.74, 6) is 0.401. The van der Waals surface area contributed by atoms with Gasteiger partial charge in [0.05, 0.1) is 15.7 Å². The molecule has 3 aromatic rings. The van der Waals surface area contributed by atoms with E-state index in [1.807, 2.05) is 12.1 Å². The first kappa shape index (κ1) is 12.5. The number of halogens is 2. The maximum atomic E-state index is 10.2. The van der Waals surface area contributed by atoms with Gasteiger partial charge in [0.25, 0.3) is 0 Å². The Bertz CT molecular complexity index is 722. The van der Waals surface area contributed by atoms with Gasteiger partial charge >= 0.3 is 0 Å². The summed E-state index contributed by atoms with van der Waals surface area (Å²) in [5, 5.41) is 12.1. The third-order valence-electron chi connectivity index (χ3n) is 2.82. The molecule has 0 bridgehead atoms. The second-order valence-corrected chi connectivity index (χ2v) is 4.95. The van der Waals surface area contributed by atoms with E-state index in [0.29, 0.717) is 27.1 Å². The van der Waals surface area contributed by atoms with Gasteiger partial charge in [-0.1, -0.05) is 35.3 Å². The van der Waals surface area contributed by atoms with E-state index in [2.05, 4.69) is 4.98 Å². The number of fused-ring (bicyclic) bond motifs is 1. The molecule has 1 unspecified atom stereocenters. The molecule has 2 heterocycles. The maximum absolute atomic E-state index is 10.2. The molecule has 0 radical (unpaired) electrons. The molecule has 0 aliphatic carbocycles.